The number of thioether (sulfide) groups is 1. The molecule has 0 bridgehead atoms. The molecule has 2 heterocycles. The molecule has 0 atom stereocenters. The van der Waals surface area contributed by atoms with Crippen LogP contribution in [0.15, 0.2) is 41.8 Å². The van der Waals surface area contributed by atoms with Gasteiger partial charge in [-0.05, 0) is 44.0 Å². The topological polar surface area (TPSA) is 52.7 Å². The van der Waals surface area contributed by atoms with Gasteiger partial charge < -0.3 is 9.13 Å². The third-order valence-corrected chi connectivity index (χ3v) is 5.70. The molecule has 0 saturated heterocycles. The summed E-state index contributed by atoms with van der Waals surface area (Å²) in [6.45, 7) is 4.89. The smallest absolute Gasteiger partial charge is 0.191 e. The van der Waals surface area contributed by atoms with Crippen molar-refractivity contribution in [3.05, 3.63) is 64.2 Å². The van der Waals surface area contributed by atoms with Crippen LogP contribution in [0.3, 0.4) is 0 Å². The molecule has 3 rings (SSSR count). The van der Waals surface area contributed by atoms with Crippen LogP contribution in [-0.2, 0) is 20.0 Å². The summed E-state index contributed by atoms with van der Waals surface area (Å²) in [5, 5.41) is 9.33. The summed E-state index contributed by atoms with van der Waals surface area (Å²) in [6, 6.07) is 9.88. The fourth-order valence-corrected chi connectivity index (χ4v) is 3.83. The monoisotopic (exact) mass is 388 g/mol. The van der Waals surface area contributed by atoms with E-state index in [0.717, 1.165) is 40.1 Å². The molecule has 0 saturated carbocycles. The molecule has 5 nitrogen and oxygen atoms in total. The Hall–Kier alpha value is -2.05. The number of aryl methyl sites for hydroxylation is 3. The van der Waals surface area contributed by atoms with Crippen LogP contribution < -0.4 is 0 Å². The van der Waals surface area contributed by atoms with Crippen molar-refractivity contribution in [1.82, 2.24) is 19.3 Å². The van der Waals surface area contributed by atoms with E-state index in [9.17, 15) is 4.79 Å². The Kier molecular flexibility index (Phi) is 5.84. The van der Waals surface area contributed by atoms with Crippen LogP contribution in [0, 0.1) is 13.8 Å². The first-order chi connectivity index (χ1) is 12.5. The maximum atomic E-state index is 12.6. The van der Waals surface area contributed by atoms with Crippen LogP contribution in [0.5, 0.6) is 0 Å². The Balaban J connectivity index is 1.67. The Morgan fingerprint density at radius 3 is 2.62 bits per heavy atom. The number of aromatic nitrogens is 4. The van der Waals surface area contributed by atoms with E-state index >= 15 is 0 Å². The van der Waals surface area contributed by atoms with Gasteiger partial charge >= 0.3 is 0 Å². The number of hydrogen-bond acceptors (Lipinski definition) is 4. The number of carbonyl (C=O) groups excluding carboxylic acids is 1. The quantitative estimate of drug-likeness (QED) is 0.451. The predicted octanol–water partition coefficient (Wildman–Crippen LogP) is 4.10. The van der Waals surface area contributed by atoms with Gasteiger partial charge in [0, 0.05) is 35.6 Å². The SMILES string of the molecule is Cc1cc(C(=O)CSc2nncn2C)c(C)n1CCc1ccc(Cl)cc1. The highest BCUT2D eigenvalue weighted by molar-refractivity contribution is 7.99. The first-order valence-electron chi connectivity index (χ1n) is 8.37. The van der Waals surface area contributed by atoms with Gasteiger partial charge in [-0.15, -0.1) is 10.2 Å². The second kappa shape index (κ2) is 8.10. The molecule has 0 aliphatic rings. The fourth-order valence-electron chi connectivity index (χ4n) is 2.93. The van der Waals surface area contributed by atoms with Crippen LogP contribution in [0.4, 0.5) is 0 Å². The van der Waals surface area contributed by atoms with E-state index in [1.807, 2.05) is 55.8 Å². The molecule has 0 unspecified atom stereocenters. The number of benzene rings is 1. The third-order valence-electron chi connectivity index (χ3n) is 4.41. The first-order valence-corrected chi connectivity index (χ1v) is 9.73. The summed E-state index contributed by atoms with van der Waals surface area (Å²) in [7, 11) is 1.87. The normalized spacial score (nSPS) is 11.1. The summed E-state index contributed by atoms with van der Waals surface area (Å²) in [4.78, 5) is 12.6. The summed E-state index contributed by atoms with van der Waals surface area (Å²) >= 11 is 7.35. The standard InChI is InChI=1S/C19H21ClN4OS/c1-13-10-17(18(25)11-26-19-22-21-12-23(19)3)14(2)24(13)9-8-15-4-6-16(20)7-5-15/h4-7,10,12H,8-9,11H2,1-3H3. The highest BCUT2D eigenvalue weighted by Crippen LogP contribution is 2.21. The summed E-state index contributed by atoms with van der Waals surface area (Å²) in [5.41, 5.74) is 4.13. The third kappa shape index (κ3) is 4.19. The van der Waals surface area contributed by atoms with Crippen LogP contribution in [0.1, 0.15) is 27.3 Å². The van der Waals surface area contributed by atoms with Gasteiger partial charge in [0.05, 0.1) is 5.75 Å². The Morgan fingerprint density at radius 2 is 1.96 bits per heavy atom. The molecule has 0 aliphatic heterocycles. The van der Waals surface area contributed by atoms with Gasteiger partial charge in [-0.2, -0.15) is 0 Å². The molecule has 2 aromatic heterocycles. The minimum Gasteiger partial charge on any atom is -0.348 e. The van der Waals surface area contributed by atoms with E-state index < -0.39 is 0 Å². The number of carbonyl (C=O) groups is 1. The number of ketones is 1. The van der Waals surface area contributed by atoms with Gasteiger partial charge in [0.15, 0.2) is 10.9 Å². The van der Waals surface area contributed by atoms with E-state index in [1.54, 1.807) is 6.33 Å². The fraction of sp³-hybridized carbons (Fsp3) is 0.316. The van der Waals surface area contributed by atoms with E-state index in [0.29, 0.717) is 5.75 Å². The maximum Gasteiger partial charge on any atom is 0.191 e. The van der Waals surface area contributed by atoms with Crippen molar-refractivity contribution in [2.75, 3.05) is 5.75 Å². The van der Waals surface area contributed by atoms with Crippen LogP contribution in [-0.4, -0.2) is 30.9 Å². The van der Waals surface area contributed by atoms with Gasteiger partial charge in [-0.1, -0.05) is 35.5 Å². The molecule has 3 aromatic rings. The summed E-state index contributed by atoms with van der Waals surface area (Å²) in [6.07, 6.45) is 2.53. The molecule has 1 aromatic carbocycles. The highest BCUT2D eigenvalue weighted by atomic mass is 35.5. The van der Waals surface area contributed by atoms with Crippen LogP contribution in [0.25, 0.3) is 0 Å². The first kappa shape index (κ1) is 18.7. The lowest BCUT2D eigenvalue weighted by Gasteiger charge is -2.10. The number of halogens is 1. The highest BCUT2D eigenvalue weighted by Gasteiger charge is 2.16. The molecule has 0 aliphatic carbocycles. The van der Waals surface area contributed by atoms with Gasteiger partial charge in [0.1, 0.15) is 6.33 Å². The molecule has 26 heavy (non-hydrogen) atoms. The van der Waals surface area contributed by atoms with Crippen LogP contribution >= 0.6 is 23.4 Å². The van der Waals surface area contributed by atoms with Crippen molar-refractivity contribution in [2.24, 2.45) is 7.05 Å². The molecule has 0 amide bonds. The zero-order valence-electron chi connectivity index (χ0n) is 15.1. The minimum absolute atomic E-state index is 0.115. The average Bonchev–Trinajstić information content (AvgIpc) is 3.15. The van der Waals surface area contributed by atoms with Crippen molar-refractivity contribution >= 4 is 29.1 Å². The van der Waals surface area contributed by atoms with E-state index in [1.165, 1.54) is 17.3 Å². The molecule has 136 valence electrons. The van der Waals surface area contributed by atoms with Gasteiger partial charge in [0.2, 0.25) is 0 Å². The van der Waals surface area contributed by atoms with Crippen molar-refractivity contribution < 1.29 is 4.79 Å². The molecular weight excluding hydrogens is 368 g/mol. The van der Waals surface area contributed by atoms with Gasteiger partial charge in [-0.3, -0.25) is 4.79 Å². The van der Waals surface area contributed by atoms with E-state index in [-0.39, 0.29) is 5.78 Å². The van der Waals surface area contributed by atoms with Crippen molar-refractivity contribution in [3.63, 3.8) is 0 Å². The molecule has 0 N–H and O–H groups in total. The second-order valence-corrected chi connectivity index (χ2v) is 7.63. The molecule has 0 spiro atoms. The second-order valence-electron chi connectivity index (χ2n) is 6.25. The zero-order chi connectivity index (χ0) is 18.7. The summed E-state index contributed by atoms with van der Waals surface area (Å²) < 4.78 is 4.02. The maximum absolute atomic E-state index is 12.6. The van der Waals surface area contributed by atoms with Crippen molar-refractivity contribution in [1.29, 1.82) is 0 Å². The van der Waals surface area contributed by atoms with Crippen molar-refractivity contribution in [2.45, 2.75) is 32.0 Å². The summed E-state index contributed by atoms with van der Waals surface area (Å²) in [5.74, 6) is 0.470. The van der Waals surface area contributed by atoms with Gasteiger partial charge in [0.25, 0.3) is 0 Å². The Morgan fingerprint density at radius 1 is 1.23 bits per heavy atom. The van der Waals surface area contributed by atoms with Crippen molar-refractivity contribution in [3.8, 4) is 0 Å². The zero-order valence-corrected chi connectivity index (χ0v) is 16.6. The Bertz CT molecular complexity index is 914. The number of hydrogen-bond donors (Lipinski definition) is 0. The predicted molar refractivity (Wildman–Crippen MR) is 105 cm³/mol. The molecule has 0 radical (unpaired) electrons. The minimum atomic E-state index is 0.115. The van der Waals surface area contributed by atoms with Crippen LogP contribution in [0.2, 0.25) is 5.02 Å². The number of nitrogens with zero attached hydrogens (tertiary/aromatic N) is 4. The molecule has 7 heteroatoms. The van der Waals surface area contributed by atoms with E-state index in [2.05, 4.69) is 14.8 Å². The lowest BCUT2D eigenvalue weighted by Crippen LogP contribution is -2.08. The number of rotatable bonds is 7. The van der Waals surface area contributed by atoms with Gasteiger partial charge in [-0.25, -0.2) is 0 Å². The van der Waals surface area contributed by atoms with E-state index in [4.69, 9.17) is 11.6 Å². The molecular formula is C19H21ClN4OS. The number of Topliss-reactive ketones (excluding diaryl/α,β-unsaturated/α-hetero) is 1. The lowest BCUT2D eigenvalue weighted by atomic mass is 10.1. The molecule has 0 fully saturated rings. The average molecular weight is 389 g/mol. The Labute approximate surface area is 162 Å². The lowest BCUT2D eigenvalue weighted by molar-refractivity contribution is 0.102. The largest absolute Gasteiger partial charge is 0.348 e.